The average Bonchev–Trinajstić information content (AvgIpc) is 2.80. The van der Waals surface area contributed by atoms with E-state index in [1.54, 1.807) is 18.4 Å². The number of nitrogens with one attached hydrogen (secondary N) is 2. The molecule has 0 saturated carbocycles. The number of amides is 1. The number of aryl methyl sites for hydroxylation is 1. The molecule has 0 unspecified atom stereocenters. The number of carbonyl (C=O) groups excluding carboxylic acids is 1. The fourth-order valence-electron chi connectivity index (χ4n) is 1.33. The van der Waals surface area contributed by atoms with Crippen molar-refractivity contribution >= 4 is 29.7 Å². The summed E-state index contributed by atoms with van der Waals surface area (Å²) in [6, 6.07) is 4.19. The first-order chi connectivity index (χ1) is 8.26. The summed E-state index contributed by atoms with van der Waals surface area (Å²) in [7, 11) is 1.64. The number of thiophene rings is 1. The van der Waals surface area contributed by atoms with Crippen LogP contribution in [0.4, 0.5) is 0 Å². The summed E-state index contributed by atoms with van der Waals surface area (Å²) in [6.07, 6.45) is 1.05. The third-order valence-electron chi connectivity index (χ3n) is 2.29. The maximum Gasteiger partial charge on any atom is 0.234 e. The summed E-state index contributed by atoms with van der Waals surface area (Å²) in [5.41, 5.74) is 0. The largest absolute Gasteiger partial charge is 0.383 e. The molecule has 0 aromatic carbocycles. The van der Waals surface area contributed by atoms with Crippen molar-refractivity contribution in [2.75, 3.05) is 26.8 Å². The van der Waals surface area contributed by atoms with Crippen molar-refractivity contribution in [2.45, 2.75) is 19.9 Å². The fourth-order valence-corrected chi connectivity index (χ4v) is 2.23. The highest BCUT2D eigenvalue weighted by Crippen LogP contribution is 2.16. The van der Waals surface area contributed by atoms with E-state index in [9.17, 15) is 4.79 Å². The SMILES string of the molecule is CCc1ccc(CNC(=O)CNCCOC)s1.Cl. The van der Waals surface area contributed by atoms with Crippen LogP contribution in [0.15, 0.2) is 12.1 Å². The van der Waals surface area contributed by atoms with Crippen molar-refractivity contribution < 1.29 is 9.53 Å². The average molecular weight is 293 g/mol. The molecule has 0 aliphatic carbocycles. The second-order valence-electron chi connectivity index (χ2n) is 3.67. The van der Waals surface area contributed by atoms with Gasteiger partial charge in [-0.15, -0.1) is 23.7 Å². The van der Waals surface area contributed by atoms with Gasteiger partial charge < -0.3 is 15.4 Å². The summed E-state index contributed by atoms with van der Waals surface area (Å²) in [5.74, 6) is 0.0209. The summed E-state index contributed by atoms with van der Waals surface area (Å²) in [6.45, 7) is 4.42. The van der Waals surface area contributed by atoms with Crippen LogP contribution in [0.2, 0.25) is 0 Å². The van der Waals surface area contributed by atoms with Crippen LogP contribution < -0.4 is 10.6 Å². The number of ether oxygens (including phenoxy) is 1. The van der Waals surface area contributed by atoms with Crippen molar-refractivity contribution in [2.24, 2.45) is 0 Å². The van der Waals surface area contributed by atoms with Crippen molar-refractivity contribution in [1.29, 1.82) is 0 Å². The monoisotopic (exact) mass is 292 g/mol. The lowest BCUT2D eigenvalue weighted by Crippen LogP contribution is -2.34. The van der Waals surface area contributed by atoms with Gasteiger partial charge in [0.2, 0.25) is 5.91 Å². The van der Waals surface area contributed by atoms with Crippen LogP contribution in [0.3, 0.4) is 0 Å². The van der Waals surface area contributed by atoms with Gasteiger partial charge in [0.15, 0.2) is 0 Å². The molecule has 0 spiro atoms. The Labute approximate surface area is 119 Å². The minimum atomic E-state index is 0. The maximum absolute atomic E-state index is 11.4. The molecule has 6 heteroatoms. The first kappa shape index (κ1) is 17.4. The van der Waals surface area contributed by atoms with Gasteiger partial charge in [-0.2, -0.15) is 0 Å². The van der Waals surface area contributed by atoms with E-state index in [0.717, 1.165) is 6.42 Å². The number of halogens is 1. The zero-order valence-electron chi connectivity index (χ0n) is 10.8. The van der Waals surface area contributed by atoms with Gasteiger partial charge in [0.25, 0.3) is 0 Å². The summed E-state index contributed by atoms with van der Waals surface area (Å²) in [5, 5.41) is 5.89. The lowest BCUT2D eigenvalue weighted by Gasteiger charge is -2.05. The normalized spacial score (nSPS) is 9.89. The Bertz CT molecular complexity index is 345. The molecule has 0 aliphatic heterocycles. The van der Waals surface area contributed by atoms with E-state index >= 15 is 0 Å². The van der Waals surface area contributed by atoms with Crippen LogP contribution in [0.1, 0.15) is 16.7 Å². The van der Waals surface area contributed by atoms with Crippen LogP contribution in [0.25, 0.3) is 0 Å². The fraction of sp³-hybridized carbons (Fsp3) is 0.583. The first-order valence-corrected chi connectivity index (χ1v) is 6.61. The molecule has 0 aliphatic rings. The summed E-state index contributed by atoms with van der Waals surface area (Å²) >= 11 is 1.75. The topological polar surface area (TPSA) is 50.4 Å². The van der Waals surface area contributed by atoms with Gasteiger partial charge >= 0.3 is 0 Å². The van der Waals surface area contributed by atoms with Gasteiger partial charge in [-0.05, 0) is 18.6 Å². The minimum absolute atomic E-state index is 0. The van der Waals surface area contributed by atoms with Gasteiger partial charge in [-0.1, -0.05) is 6.92 Å². The highest BCUT2D eigenvalue weighted by Gasteiger charge is 2.02. The quantitative estimate of drug-likeness (QED) is 0.716. The van der Waals surface area contributed by atoms with Crippen molar-refractivity contribution in [3.05, 3.63) is 21.9 Å². The molecule has 1 aromatic heterocycles. The lowest BCUT2D eigenvalue weighted by molar-refractivity contribution is -0.120. The maximum atomic E-state index is 11.4. The predicted octanol–water partition coefficient (Wildman–Crippen LogP) is 1.58. The highest BCUT2D eigenvalue weighted by atomic mass is 35.5. The molecule has 1 heterocycles. The van der Waals surface area contributed by atoms with Crippen LogP contribution in [0.5, 0.6) is 0 Å². The van der Waals surface area contributed by atoms with Gasteiger partial charge in [0.05, 0.1) is 19.7 Å². The molecular formula is C12H21ClN2O2S. The smallest absolute Gasteiger partial charge is 0.234 e. The third-order valence-corrected chi connectivity index (χ3v) is 3.52. The Morgan fingerprint density at radius 3 is 2.72 bits per heavy atom. The lowest BCUT2D eigenvalue weighted by atomic mass is 10.3. The standard InChI is InChI=1S/C12H20N2O2S.ClH/c1-3-10-4-5-11(17-10)8-14-12(15)9-13-6-7-16-2;/h4-5,13H,3,6-9H2,1-2H3,(H,14,15);1H. The van der Waals surface area contributed by atoms with E-state index in [1.165, 1.54) is 9.75 Å². The zero-order valence-corrected chi connectivity index (χ0v) is 12.5. The van der Waals surface area contributed by atoms with E-state index in [1.807, 2.05) is 0 Å². The zero-order chi connectivity index (χ0) is 12.5. The Balaban J connectivity index is 0.00000289. The first-order valence-electron chi connectivity index (χ1n) is 5.80. The summed E-state index contributed by atoms with van der Waals surface area (Å²) < 4.78 is 4.88. The molecule has 18 heavy (non-hydrogen) atoms. The van der Waals surface area contributed by atoms with Crippen LogP contribution in [-0.4, -0.2) is 32.7 Å². The molecule has 4 nitrogen and oxygen atoms in total. The van der Waals surface area contributed by atoms with Crippen molar-refractivity contribution in [1.82, 2.24) is 10.6 Å². The summed E-state index contributed by atoms with van der Waals surface area (Å²) in [4.78, 5) is 14.0. The molecule has 1 rings (SSSR count). The molecule has 0 fully saturated rings. The Kier molecular flexibility index (Phi) is 9.96. The van der Waals surface area contributed by atoms with Gasteiger partial charge in [0, 0.05) is 23.4 Å². The Hall–Kier alpha value is -0.620. The van der Waals surface area contributed by atoms with E-state index < -0.39 is 0 Å². The molecule has 1 aromatic rings. The van der Waals surface area contributed by atoms with Gasteiger partial charge in [-0.3, -0.25) is 4.79 Å². The van der Waals surface area contributed by atoms with E-state index in [4.69, 9.17) is 4.74 Å². The molecule has 2 N–H and O–H groups in total. The molecule has 0 bridgehead atoms. The number of carbonyl (C=O) groups is 1. The molecule has 1 amide bonds. The Morgan fingerprint density at radius 2 is 2.11 bits per heavy atom. The molecular weight excluding hydrogens is 272 g/mol. The van der Waals surface area contributed by atoms with E-state index in [0.29, 0.717) is 26.2 Å². The van der Waals surface area contributed by atoms with E-state index in [2.05, 4.69) is 29.7 Å². The van der Waals surface area contributed by atoms with Crippen LogP contribution >= 0.6 is 23.7 Å². The second kappa shape index (κ2) is 10.3. The molecule has 0 saturated heterocycles. The highest BCUT2D eigenvalue weighted by molar-refractivity contribution is 7.11. The van der Waals surface area contributed by atoms with Crippen LogP contribution in [-0.2, 0) is 22.5 Å². The third kappa shape index (κ3) is 6.96. The molecule has 0 radical (unpaired) electrons. The van der Waals surface area contributed by atoms with Gasteiger partial charge in [0.1, 0.15) is 0 Å². The van der Waals surface area contributed by atoms with Crippen molar-refractivity contribution in [3.63, 3.8) is 0 Å². The molecule has 104 valence electrons. The number of hydrogen-bond acceptors (Lipinski definition) is 4. The van der Waals surface area contributed by atoms with Crippen LogP contribution in [0, 0.1) is 0 Å². The van der Waals surface area contributed by atoms with E-state index in [-0.39, 0.29) is 18.3 Å². The van der Waals surface area contributed by atoms with Crippen molar-refractivity contribution in [3.8, 4) is 0 Å². The van der Waals surface area contributed by atoms with Gasteiger partial charge in [-0.25, -0.2) is 0 Å². The number of hydrogen-bond donors (Lipinski definition) is 2. The second-order valence-corrected chi connectivity index (χ2v) is 4.92. The minimum Gasteiger partial charge on any atom is -0.383 e. The number of methoxy groups -OCH3 is 1. The number of rotatable bonds is 8. The Morgan fingerprint density at radius 1 is 1.39 bits per heavy atom. The molecule has 0 atom stereocenters. The predicted molar refractivity (Wildman–Crippen MR) is 77.5 cm³/mol.